The fourth-order valence-corrected chi connectivity index (χ4v) is 4.36. The lowest BCUT2D eigenvalue weighted by Crippen LogP contribution is -2.38. The number of aromatic amines is 1. The first-order valence-electron chi connectivity index (χ1n) is 10.7. The Bertz CT molecular complexity index is 1320. The maximum absolute atomic E-state index is 12.5. The molecule has 0 radical (unpaired) electrons. The van der Waals surface area contributed by atoms with Gasteiger partial charge in [-0.1, -0.05) is 30.3 Å². The summed E-state index contributed by atoms with van der Waals surface area (Å²) in [5.41, 5.74) is 3.68. The first kappa shape index (κ1) is 20.1. The van der Waals surface area contributed by atoms with Crippen LogP contribution < -0.4 is 5.69 Å². The Labute approximate surface area is 185 Å². The van der Waals surface area contributed by atoms with Crippen LogP contribution in [-0.2, 0) is 6.54 Å². The second-order valence-corrected chi connectivity index (χ2v) is 8.49. The van der Waals surface area contributed by atoms with Crippen LogP contribution >= 0.6 is 0 Å². The van der Waals surface area contributed by atoms with Gasteiger partial charge in [-0.05, 0) is 41.7 Å². The second kappa shape index (κ2) is 8.03. The number of aromatic nitrogens is 3. The van der Waals surface area contributed by atoms with Gasteiger partial charge in [0.2, 0.25) is 0 Å². The van der Waals surface area contributed by atoms with Crippen LogP contribution in [0, 0.1) is 5.92 Å². The third-order valence-corrected chi connectivity index (χ3v) is 6.07. The number of likely N-dealkylation sites (tertiary alicyclic amines) is 1. The molecule has 3 heterocycles. The summed E-state index contributed by atoms with van der Waals surface area (Å²) in [7, 11) is 3.51. The zero-order valence-corrected chi connectivity index (χ0v) is 18.1. The summed E-state index contributed by atoms with van der Waals surface area (Å²) < 4.78 is 7.10. The van der Waals surface area contributed by atoms with Crippen molar-refractivity contribution >= 4 is 17.0 Å². The number of hydrogen-bond acceptors (Lipinski definition) is 4. The van der Waals surface area contributed by atoms with Gasteiger partial charge in [-0.15, -0.1) is 0 Å². The highest BCUT2D eigenvalue weighted by atomic mass is 16.3. The van der Waals surface area contributed by atoms with E-state index >= 15 is 0 Å². The van der Waals surface area contributed by atoms with E-state index < -0.39 is 0 Å². The van der Waals surface area contributed by atoms with E-state index in [1.807, 2.05) is 47.4 Å². The minimum Gasteiger partial charge on any atom is -0.464 e. The summed E-state index contributed by atoms with van der Waals surface area (Å²) >= 11 is 0. The monoisotopic (exact) mass is 431 g/mol. The first-order chi connectivity index (χ1) is 15.5. The molecule has 8 heteroatoms. The van der Waals surface area contributed by atoms with Crippen molar-refractivity contribution in [1.82, 2.24) is 24.6 Å². The average Bonchev–Trinajstić information content (AvgIpc) is 3.54. The number of urea groups is 1. The molecule has 4 aromatic rings. The van der Waals surface area contributed by atoms with Crippen molar-refractivity contribution in [2.45, 2.75) is 13.0 Å². The zero-order valence-electron chi connectivity index (χ0n) is 18.1. The number of hydrogen-bond donors (Lipinski definition) is 1. The fourth-order valence-electron chi connectivity index (χ4n) is 4.36. The number of nitrogens with zero attached hydrogens (tertiary/aromatic N) is 4. The van der Waals surface area contributed by atoms with Gasteiger partial charge in [0, 0.05) is 44.7 Å². The van der Waals surface area contributed by atoms with Crippen molar-refractivity contribution in [3.8, 4) is 22.5 Å². The molecule has 2 amide bonds. The highest BCUT2D eigenvalue weighted by Crippen LogP contribution is 2.28. The minimum absolute atomic E-state index is 0.0106. The number of H-pyrrole nitrogens is 1. The smallest absolute Gasteiger partial charge is 0.343 e. The molecule has 164 valence electrons. The van der Waals surface area contributed by atoms with Gasteiger partial charge in [-0.25, -0.2) is 14.7 Å². The molecule has 1 N–H and O–H groups in total. The predicted octanol–water partition coefficient (Wildman–Crippen LogP) is 3.66. The molecule has 1 fully saturated rings. The number of furan rings is 1. The van der Waals surface area contributed by atoms with E-state index in [0.29, 0.717) is 25.5 Å². The molecule has 2 aromatic carbocycles. The van der Waals surface area contributed by atoms with Crippen molar-refractivity contribution in [1.29, 1.82) is 0 Å². The van der Waals surface area contributed by atoms with E-state index in [-0.39, 0.29) is 17.6 Å². The molecule has 1 saturated heterocycles. The molecular weight excluding hydrogens is 406 g/mol. The fraction of sp³-hybridized carbons (Fsp3) is 0.292. The van der Waals surface area contributed by atoms with Crippen LogP contribution in [0.15, 0.2) is 64.0 Å². The minimum atomic E-state index is -0.230. The van der Waals surface area contributed by atoms with Gasteiger partial charge in [-0.2, -0.15) is 5.10 Å². The number of carbonyl (C=O) groups is 1. The number of benzene rings is 2. The van der Waals surface area contributed by atoms with Crippen molar-refractivity contribution in [3.63, 3.8) is 0 Å². The van der Waals surface area contributed by atoms with Gasteiger partial charge >= 0.3 is 11.7 Å². The van der Waals surface area contributed by atoms with E-state index in [0.717, 1.165) is 34.1 Å². The number of rotatable bonds is 4. The van der Waals surface area contributed by atoms with Crippen molar-refractivity contribution in [2.24, 2.45) is 5.92 Å². The number of carbonyl (C=O) groups excluding carboxylic acids is 1. The van der Waals surface area contributed by atoms with Crippen LogP contribution in [0.2, 0.25) is 0 Å². The Morgan fingerprint density at radius 3 is 2.66 bits per heavy atom. The summed E-state index contributed by atoms with van der Waals surface area (Å²) in [6, 6.07) is 16.1. The third-order valence-electron chi connectivity index (χ3n) is 6.07. The molecule has 0 spiro atoms. The number of fused-ring (bicyclic) bond motifs is 1. The lowest BCUT2D eigenvalue weighted by atomic mass is 10.0. The normalized spacial score (nSPS) is 16.1. The van der Waals surface area contributed by atoms with Crippen LogP contribution in [-0.4, -0.2) is 57.8 Å². The van der Waals surface area contributed by atoms with Gasteiger partial charge < -0.3 is 14.2 Å². The maximum atomic E-state index is 12.5. The molecule has 0 saturated carbocycles. The Balaban J connectivity index is 1.36. The summed E-state index contributed by atoms with van der Waals surface area (Å²) in [5, 5.41) is 7.92. The van der Waals surface area contributed by atoms with Crippen LogP contribution in [0.5, 0.6) is 0 Å². The van der Waals surface area contributed by atoms with Crippen molar-refractivity contribution < 1.29 is 9.21 Å². The van der Waals surface area contributed by atoms with E-state index in [1.54, 1.807) is 29.8 Å². The SMILES string of the molecule is CN(C)C(=O)N1CC[C@@H](Cn2c(-c3ccc(-c4ccc5occc5c4)cc3)n[nH]c2=O)C1. The van der Waals surface area contributed by atoms with Gasteiger partial charge in [0.05, 0.1) is 6.26 Å². The molecule has 1 aliphatic heterocycles. The molecule has 8 nitrogen and oxygen atoms in total. The molecule has 1 aliphatic rings. The summed E-state index contributed by atoms with van der Waals surface area (Å²) in [4.78, 5) is 28.1. The van der Waals surface area contributed by atoms with Gasteiger partial charge in [0.1, 0.15) is 5.58 Å². The predicted molar refractivity (Wildman–Crippen MR) is 122 cm³/mol. The number of amides is 2. The quantitative estimate of drug-likeness (QED) is 0.534. The molecular formula is C24H25N5O3. The van der Waals surface area contributed by atoms with Gasteiger partial charge in [-0.3, -0.25) is 4.57 Å². The molecule has 0 aliphatic carbocycles. The zero-order chi connectivity index (χ0) is 22.2. The molecule has 32 heavy (non-hydrogen) atoms. The third kappa shape index (κ3) is 3.68. The lowest BCUT2D eigenvalue weighted by molar-refractivity contribution is 0.179. The first-order valence-corrected chi connectivity index (χ1v) is 10.7. The Morgan fingerprint density at radius 2 is 1.88 bits per heavy atom. The van der Waals surface area contributed by atoms with Crippen LogP contribution in [0.1, 0.15) is 6.42 Å². The highest BCUT2D eigenvalue weighted by molar-refractivity contribution is 5.83. The van der Waals surface area contributed by atoms with Gasteiger partial charge in [0.25, 0.3) is 0 Å². The Morgan fingerprint density at radius 1 is 1.12 bits per heavy atom. The summed E-state index contributed by atoms with van der Waals surface area (Å²) in [5.74, 6) is 0.832. The van der Waals surface area contributed by atoms with Gasteiger partial charge in [0.15, 0.2) is 5.82 Å². The van der Waals surface area contributed by atoms with E-state index in [9.17, 15) is 9.59 Å². The van der Waals surface area contributed by atoms with Crippen molar-refractivity contribution in [2.75, 3.05) is 27.2 Å². The summed E-state index contributed by atoms with van der Waals surface area (Å²) in [6.07, 6.45) is 2.56. The molecule has 1 atom stereocenters. The molecule has 2 aromatic heterocycles. The van der Waals surface area contributed by atoms with Crippen LogP contribution in [0.25, 0.3) is 33.5 Å². The summed E-state index contributed by atoms with van der Waals surface area (Å²) in [6.45, 7) is 1.88. The number of nitrogens with one attached hydrogen (secondary N) is 1. The topological polar surface area (TPSA) is 87.4 Å². The Hall–Kier alpha value is -3.81. The van der Waals surface area contributed by atoms with Crippen LogP contribution in [0.3, 0.4) is 0 Å². The Kier molecular flexibility index (Phi) is 5.05. The largest absolute Gasteiger partial charge is 0.464 e. The second-order valence-electron chi connectivity index (χ2n) is 8.49. The van der Waals surface area contributed by atoms with E-state index in [1.165, 1.54) is 0 Å². The lowest BCUT2D eigenvalue weighted by Gasteiger charge is -2.21. The van der Waals surface area contributed by atoms with E-state index in [4.69, 9.17) is 4.42 Å². The molecule has 5 rings (SSSR count). The standard InChI is InChI=1S/C24H25N5O3/c1-27(2)24(31)28-11-9-16(14-28)15-29-22(25-26-23(29)30)18-5-3-17(4-6-18)19-7-8-21-20(13-19)10-12-32-21/h3-8,10,12-13,16H,9,11,14-15H2,1-2H3,(H,26,30)/t16-/m1/s1. The average molecular weight is 431 g/mol. The highest BCUT2D eigenvalue weighted by Gasteiger charge is 2.28. The van der Waals surface area contributed by atoms with Crippen LogP contribution in [0.4, 0.5) is 4.79 Å². The molecule has 0 bridgehead atoms. The maximum Gasteiger partial charge on any atom is 0.343 e. The van der Waals surface area contributed by atoms with E-state index in [2.05, 4.69) is 16.3 Å². The van der Waals surface area contributed by atoms with Crippen molar-refractivity contribution in [3.05, 3.63) is 65.3 Å². The molecule has 0 unspecified atom stereocenters.